The first-order valence-corrected chi connectivity index (χ1v) is 5.98. The van der Waals surface area contributed by atoms with Crippen molar-refractivity contribution in [1.29, 1.82) is 0 Å². The Balaban J connectivity index is 4.26. The minimum atomic E-state index is -2.02. The molecule has 0 aliphatic heterocycles. The Bertz CT molecular complexity index is 153. The molecular formula is C12H26O3. The van der Waals surface area contributed by atoms with Gasteiger partial charge >= 0.3 is 0 Å². The van der Waals surface area contributed by atoms with Crippen molar-refractivity contribution in [2.24, 2.45) is 0 Å². The molecule has 0 heterocycles. The molecule has 0 atom stereocenters. The molecule has 0 aromatic carbocycles. The van der Waals surface area contributed by atoms with Crippen LogP contribution in [0.15, 0.2) is 0 Å². The largest absolute Gasteiger partial charge is 0.344 e. The van der Waals surface area contributed by atoms with Gasteiger partial charge in [0.1, 0.15) is 0 Å². The monoisotopic (exact) mass is 218 g/mol. The number of hydrogen-bond acceptors (Lipinski definition) is 3. The van der Waals surface area contributed by atoms with E-state index in [0.717, 1.165) is 38.5 Å². The lowest BCUT2D eigenvalue weighted by atomic mass is 9.92. The van der Waals surface area contributed by atoms with Gasteiger partial charge in [-0.25, -0.2) is 0 Å². The Morgan fingerprint density at radius 3 is 1.60 bits per heavy atom. The molecule has 0 rings (SSSR count). The Morgan fingerprint density at radius 1 is 0.933 bits per heavy atom. The van der Waals surface area contributed by atoms with E-state index in [1.54, 1.807) is 0 Å². The highest BCUT2D eigenvalue weighted by atomic mass is 16.8. The van der Waals surface area contributed by atoms with Crippen molar-refractivity contribution in [3.05, 3.63) is 0 Å². The van der Waals surface area contributed by atoms with E-state index in [0.29, 0.717) is 0 Å². The molecule has 0 aliphatic rings. The van der Waals surface area contributed by atoms with Crippen molar-refractivity contribution in [2.75, 3.05) is 0 Å². The molecule has 0 bridgehead atoms. The molecule has 0 fully saturated rings. The van der Waals surface area contributed by atoms with Crippen LogP contribution in [0.25, 0.3) is 0 Å². The van der Waals surface area contributed by atoms with Gasteiger partial charge in [-0.15, -0.1) is 0 Å². The molecule has 15 heavy (non-hydrogen) atoms. The predicted octanol–water partition coefficient (Wildman–Crippen LogP) is 2.80. The fourth-order valence-corrected chi connectivity index (χ4v) is 1.80. The van der Waals surface area contributed by atoms with Crippen LogP contribution in [-0.4, -0.2) is 21.8 Å². The molecule has 0 aliphatic carbocycles. The zero-order chi connectivity index (χ0) is 11.9. The highest BCUT2D eigenvalue weighted by molar-refractivity contribution is 4.76. The summed E-state index contributed by atoms with van der Waals surface area (Å²) in [5, 5.41) is 18.6. The second kappa shape index (κ2) is 6.46. The summed E-state index contributed by atoms with van der Waals surface area (Å²) >= 11 is 0. The van der Waals surface area contributed by atoms with Gasteiger partial charge in [0, 0.05) is 6.92 Å². The van der Waals surface area contributed by atoms with Gasteiger partial charge in [0.25, 0.3) is 5.97 Å². The summed E-state index contributed by atoms with van der Waals surface area (Å²) in [6.45, 7) is 7.47. The normalized spacial score (nSPS) is 13.2. The van der Waals surface area contributed by atoms with E-state index in [1.807, 2.05) is 6.92 Å². The average Bonchev–Trinajstić information content (AvgIpc) is 2.09. The van der Waals surface area contributed by atoms with Gasteiger partial charge in [0.05, 0.1) is 5.60 Å². The SMILES string of the molecule is CCCCC(C)(CCCC)OC(C)(O)O. The second-order valence-corrected chi connectivity index (χ2v) is 4.69. The third-order valence-electron chi connectivity index (χ3n) is 2.56. The van der Waals surface area contributed by atoms with Gasteiger partial charge < -0.3 is 14.9 Å². The molecule has 0 aromatic heterocycles. The molecule has 3 heteroatoms. The number of ether oxygens (including phenoxy) is 1. The van der Waals surface area contributed by atoms with E-state index in [4.69, 9.17) is 4.74 Å². The fraction of sp³-hybridized carbons (Fsp3) is 1.00. The standard InChI is InChI=1S/C12H26O3/c1-5-7-9-11(3,10-8-6-2)15-12(4,13)14/h13-14H,5-10H2,1-4H3. The predicted molar refractivity (Wildman–Crippen MR) is 61.4 cm³/mol. The van der Waals surface area contributed by atoms with Crippen LogP contribution < -0.4 is 0 Å². The minimum Gasteiger partial charge on any atom is -0.344 e. The van der Waals surface area contributed by atoms with Gasteiger partial charge in [-0.05, 0) is 19.8 Å². The Hall–Kier alpha value is -0.120. The van der Waals surface area contributed by atoms with Crippen molar-refractivity contribution in [3.63, 3.8) is 0 Å². The van der Waals surface area contributed by atoms with Gasteiger partial charge in [0.2, 0.25) is 0 Å². The van der Waals surface area contributed by atoms with Gasteiger partial charge in [0.15, 0.2) is 0 Å². The smallest absolute Gasteiger partial charge is 0.275 e. The topological polar surface area (TPSA) is 49.7 Å². The van der Waals surface area contributed by atoms with Crippen LogP contribution in [0.3, 0.4) is 0 Å². The summed E-state index contributed by atoms with van der Waals surface area (Å²) in [6, 6.07) is 0. The molecule has 0 saturated carbocycles. The summed E-state index contributed by atoms with van der Waals surface area (Å²) in [5.41, 5.74) is -0.412. The first-order chi connectivity index (χ1) is 6.83. The van der Waals surface area contributed by atoms with Crippen molar-refractivity contribution < 1.29 is 14.9 Å². The molecule has 0 amide bonds. The van der Waals surface area contributed by atoms with E-state index in [2.05, 4.69) is 13.8 Å². The summed E-state index contributed by atoms with van der Waals surface area (Å²) in [7, 11) is 0. The lowest BCUT2D eigenvalue weighted by molar-refractivity contribution is -0.365. The molecule has 0 radical (unpaired) electrons. The maximum atomic E-state index is 9.29. The second-order valence-electron chi connectivity index (χ2n) is 4.69. The van der Waals surface area contributed by atoms with E-state index in [9.17, 15) is 10.2 Å². The van der Waals surface area contributed by atoms with Crippen LogP contribution in [0.4, 0.5) is 0 Å². The van der Waals surface area contributed by atoms with E-state index >= 15 is 0 Å². The van der Waals surface area contributed by atoms with Gasteiger partial charge in [-0.3, -0.25) is 0 Å². The van der Waals surface area contributed by atoms with Crippen LogP contribution in [0, 0.1) is 0 Å². The molecule has 92 valence electrons. The highest BCUT2D eigenvalue weighted by Gasteiger charge is 2.32. The van der Waals surface area contributed by atoms with Crippen LogP contribution >= 0.6 is 0 Å². The summed E-state index contributed by atoms with van der Waals surface area (Å²) in [6.07, 6.45) is 6.05. The van der Waals surface area contributed by atoms with Crippen LogP contribution in [0.2, 0.25) is 0 Å². The molecular weight excluding hydrogens is 192 g/mol. The third kappa shape index (κ3) is 7.77. The maximum absolute atomic E-state index is 9.29. The zero-order valence-corrected chi connectivity index (χ0v) is 10.5. The molecule has 0 spiro atoms. The molecule has 3 nitrogen and oxygen atoms in total. The highest BCUT2D eigenvalue weighted by Crippen LogP contribution is 2.28. The zero-order valence-electron chi connectivity index (χ0n) is 10.5. The quantitative estimate of drug-likeness (QED) is 0.616. The van der Waals surface area contributed by atoms with Crippen LogP contribution in [0.1, 0.15) is 66.2 Å². The van der Waals surface area contributed by atoms with E-state index < -0.39 is 11.6 Å². The van der Waals surface area contributed by atoms with Crippen molar-refractivity contribution in [3.8, 4) is 0 Å². The summed E-state index contributed by atoms with van der Waals surface area (Å²) in [4.78, 5) is 0. The van der Waals surface area contributed by atoms with Crippen molar-refractivity contribution in [2.45, 2.75) is 77.8 Å². The Kier molecular flexibility index (Phi) is 6.41. The third-order valence-corrected chi connectivity index (χ3v) is 2.56. The number of hydrogen-bond donors (Lipinski definition) is 2. The Morgan fingerprint density at radius 2 is 1.33 bits per heavy atom. The number of unbranched alkanes of at least 4 members (excludes halogenated alkanes) is 2. The van der Waals surface area contributed by atoms with Gasteiger partial charge in [-0.1, -0.05) is 39.5 Å². The van der Waals surface area contributed by atoms with Gasteiger partial charge in [-0.2, -0.15) is 0 Å². The number of aliphatic hydroxyl groups is 2. The first kappa shape index (κ1) is 14.9. The average molecular weight is 218 g/mol. The lowest BCUT2D eigenvalue weighted by Crippen LogP contribution is -2.41. The number of rotatable bonds is 8. The lowest BCUT2D eigenvalue weighted by Gasteiger charge is -2.34. The maximum Gasteiger partial charge on any atom is 0.275 e. The fourth-order valence-electron chi connectivity index (χ4n) is 1.80. The minimum absolute atomic E-state index is 0.412. The first-order valence-electron chi connectivity index (χ1n) is 5.98. The Labute approximate surface area is 93.5 Å². The van der Waals surface area contributed by atoms with Crippen LogP contribution in [0.5, 0.6) is 0 Å². The molecule has 2 N–H and O–H groups in total. The van der Waals surface area contributed by atoms with Crippen LogP contribution in [-0.2, 0) is 4.74 Å². The molecule has 0 unspecified atom stereocenters. The van der Waals surface area contributed by atoms with E-state index in [-0.39, 0.29) is 0 Å². The molecule has 0 aromatic rings. The molecule has 0 saturated heterocycles. The van der Waals surface area contributed by atoms with E-state index in [1.165, 1.54) is 6.92 Å². The van der Waals surface area contributed by atoms with Crippen molar-refractivity contribution in [1.82, 2.24) is 0 Å². The van der Waals surface area contributed by atoms with Crippen molar-refractivity contribution >= 4 is 0 Å². The summed E-state index contributed by atoms with van der Waals surface area (Å²) in [5.74, 6) is -2.02. The summed E-state index contributed by atoms with van der Waals surface area (Å²) < 4.78 is 5.34.